The molecule has 0 spiro atoms. The molecule has 1 aromatic carbocycles. The van der Waals surface area contributed by atoms with Gasteiger partial charge in [-0.2, -0.15) is 0 Å². The Labute approximate surface area is 157 Å². The molecule has 1 aromatic heterocycles. The summed E-state index contributed by atoms with van der Waals surface area (Å²) in [4.78, 5) is 37.2. The van der Waals surface area contributed by atoms with Crippen LogP contribution in [-0.2, 0) is 16.1 Å². The predicted molar refractivity (Wildman–Crippen MR) is 98.4 cm³/mol. The molecule has 8 nitrogen and oxygen atoms in total. The Morgan fingerprint density at radius 2 is 1.85 bits per heavy atom. The highest BCUT2D eigenvalue weighted by atomic mass is 16.5. The summed E-state index contributed by atoms with van der Waals surface area (Å²) in [5.41, 5.74) is 6.23. The summed E-state index contributed by atoms with van der Waals surface area (Å²) in [6.07, 6.45) is 0. The van der Waals surface area contributed by atoms with E-state index in [0.29, 0.717) is 6.54 Å². The molecule has 144 valence electrons. The number of likely N-dealkylation sites (N-methyl/N-ethyl adjacent to an activating group) is 1. The van der Waals surface area contributed by atoms with Crippen molar-refractivity contribution in [1.82, 2.24) is 0 Å². The molecule has 1 unspecified atom stereocenters. The first kappa shape index (κ1) is 20.2. The number of rotatable bonds is 8. The number of amides is 2. The molecule has 0 aliphatic carbocycles. The van der Waals surface area contributed by atoms with Crippen molar-refractivity contribution in [3.8, 4) is 0 Å². The van der Waals surface area contributed by atoms with E-state index in [1.807, 2.05) is 37.4 Å². The zero-order chi connectivity index (χ0) is 20.0. The molecule has 0 aliphatic rings. The van der Waals surface area contributed by atoms with Crippen LogP contribution in [0.15, 0.2) is 34.7 Å². The fourth-order valence-corrected chi connectivity index (χ4v) is 2.77. The van der Waals surface area contributed by atoms with Crippen LogP contribution in [0.1, 0.15) is 39.0 Å². The Balaban J connectivity index is 2.12. The number of furan rings is 1. The number of ether oxygens (including phenoxy) is 1. The molecule has 2 rings (SSSR count). The minimum Gasteiger partial charge on any atom is -0.462 e. The average Bonchev–Trinajstić information content (AvgIpc) is 2.91. The molecule has 2 amide bonds. The molecule has 1 atom stereocenters. The summed E-state index contributed by atoms with van der Waals surface area (Å²) in [6, 6.07) is 9.76. The highest BCUT2D eigenvalue weighted by Crippen LogP contribution is 2.27. The lowest BCUT2D eigenvalue weighted by molar-refractivity contribution is -0.885. The minimum atomic E-state index is -0.879. The number of anilines is 1. The Hall–Kier alpha value is -3.13. The maximum Gasteiger partial charge on any atom is 0.342 e. The van der Waals surface area contributed by atoms with Gasteiger partial charge in [-0.25, -0.2) is 4.79 Å². The van der Waals surface area contributed by atoms with Crippen molar-refractivity contribution in [2.45, 2.75) is 20.4 Å². The van der Waals surface area contributed by atoms with E-state index in [1.165, 1.54) is 6.92 Å². The van der Waals surface area contributed by atoms with E-state index >= 15 is 0 Å². The molecule has 0 radical (unpaired) electrons. The normalized spacial score (nSPS) is 11.7. The maximum atomic E-state index is 12.3. The Bertz CT molecular complexity index is 829. The van der Waals surface area contributed by atoms with Gasteiger partial charge in [-0.3, -0.25) is 14.9 Å². The molecule has 8 heteroatoms. The second-order valence-corrected chi connectivity index (χ2v) is 6.17. The van der Waals surface area contributed by atoms with Crippen LogP contribution in [-0.4, -0.2) is 38.0 Å². The average molecular weight is 374 g/mol. The predicted octanol–water partition coefficient (Wildman–Crippen LogP) is 0.517. The molecule has 27 heavy (non-hydrogen) atoms. The number of benzene rings is 1. The molecule has 4 N–H and O–H groups in total. The fraction of sp³-hybridized carbons (Fsp3) is 0.316. The van der Waals surface area contributed by atoms with Crippen LogP contribution in [0.2, 0.25) is 0 Å². The first-order valence-corrected chi connectivity index (χ1v) is 8.58. The highest BCUT2D eigenvalue weighted by Gasteiger charge is 2.29. The van der Waals surface area contributed by atoms with Crippen molar-refractivity contribution in [3.05, 3.63) is 52.8 Å². The number of hydrogen-bond acceptors (Lipinski definition) is 5. The molecular weight excluding hydrogens is 350 g/mol. The standard InChI is InChI=1S/C19H23N3O5/c1-4-26-19(25)15-12(2)27-18(16(15)17(20)24)21-14(23)11-22(3)10-13-8-6-5-7-9-13/h5-9H,4,10-11H2,1-3H3,(H2,20,24)(H,21,23)/p+1. The smallest absolute Gasteiger partial charge is 0.342 e. The van der Waals surface area contributed by atoms with Gasteiger partial charge in [0.25, 0.3) is 11.8 Å². The first-order valence-electron chi connectivity index (χ1n) is 8.58. The molecule has 0 aliphatic heterocycles. The quantitative estimate of drug-likeness (QED) is 0.583. The van der Waals surface area contributed by atoms with Crippen molar-refractivity contribution in [2.75, 3.05) is 25.5 Å². The lowest BCUT2D eigenvalue weighted by atomic mass is 10.1. The Kier molecular flexibility index (Phi) is 6.73. The fourth-order valence-electron chi connectivity index (χ4n) is 2.77. The van der Waals surface area contributed by atoms with Gasteiger partial charge < -0.3 is 19.8 Å². The molecular formula is C19H24N3O5+. The van der Waals surface area contributed by atoms with Gasteiger partial charge in [-0.1, -0.05) is 30.3 Å². The number of carbonyl (C=O) groups is 3. The van der Waals surface area contributed by atoms with Crippen molar-refractivity contribution in [2.24, 2.45) is 5.73 Å². The summed E-state index contributed by atoms with van der Waals surface area (Å²) >= 11 is 0. The van der Waals surface area contributed by atoms with E-state index in [2.05, 4.69) is 5.32 Å². The van der Waals surface area contributed by atoms with Crippen LogP contribution in [0.5, 0.6) is 0 Å². The van der Waals surface area contributed by atoms with Gasteiger partial charge in [-0.05, 0) is 13.8 Å². The lowest BCUT2D eigenvalue weighted by Gasteiger charge is -2.13. The number of hydrogen-bond donors (Lipinski definition) is 3. The van der Waals surface area contributed by atoms with Crippen LogP contribution in [0.3, 0.4) is 0 Å². The second-order valence-electron chi connectivity index (χ2n) is 6.17. The van der Waals surface area contributed by atoms with Crippen molar-refractivity contribution in [1.29, 1.82) is 0 Å². The van der Waals surface area contributed by atoms with Crippen molar-refractivity contribution in [3.63, 3.8) is 0 Å². The topological polar surface area (TPSA) is 116 Å². The van der Waals surface area contributed by atoms with Crippen LogP contribution in [0.4, 0.5) is 5.88 Å². The number of quaternary nitrogens is 1. The van der Waals surface area contributed by atoms with Gasteiger partial charge in [0.15, 0.2) is 6.54 Å². The molecule has 0 saturated carbocycles. The van der Waals surface area contributed by atoms with Gasteiger partial charge in [0.05, 0.1) is 13.7 Å². The van der Waals surface area contributed by atoms with Gasteiger partial charge in [0, 0.05) is 5.56 Å². The van der Waals surface area contributed by atoms with E-state index in [1.54, 1.807) is 6.92 Å². The number of carbonyl (C=O) groups excluding carboxylic acids is 3. The summed E-state index contributed by atoms with van der Waals surface area (Å²) < 4.78 is 10.3. The number of aryl methyl sites for hydroxylation is 1. The molecule has 0 fully saturated rings. The highest BCUT2D eigenvalue weighted by molar-refractivity contribution is 6.10. The third-order valence-electron chi connectivity index (χ3n) is 3.87. The van der Waals surface area contributed by atoms with Crippen molar-refractivity contribution >= 4 is 23.7 Å². The summed E-state index contributed by atoms with van der Waals surface area (Å²) in [5, 5.41) is 2.53. The van der Waals surface area contributed by atoms with E-state index < -0.39 is 11.9 Å². The SMILES string of the molecule is CCOC(=O)c1c(C)oc(NC(=O)C[NH+](C)Cc2ccccc2)c1C(N)=O. The molecule has 1 heterocycles. The Morgan fingerprint density at radius 3 is 2.44 bits per heavy atom. The minimum absolute atomic E-state index is 0.0652. The summed E-state index contributed by atoms with van der Waals surface area (Å²) in [7, 11) is 1.87. The van der Waals surface area contributed by atoms with Crippen molar-refractivity contribution < 1.29 is 28.4 Å². The van der Waals surface area contributed by atoms with Crippen LogP contribution < -0.4 is 16.0 Å². The number of primary amides is 1. The van der Waals surface area contributed by atoms with Gasteiger partial charge in [0.1, 0.15) is 23.4 Å². The second kappa shape index (κ2) is 9.00. The number of esters is 1. The van der Waals surface area contributed by atoms with E-state index in [4.69, 9.17) is 14.9 Å². The molecule has 2 aromatic rings. The van der Waals surface area contributed by atoms with E-state index in [0.717, 1.165) is 10.5 Å². The van der Waals surface area contributed by atoms with E-state index in [9.17, 15) is 14.4 Å². The maximum absolute atomic E-state index is 12.3. The van der Waals surface area contributed by atoms with Gasteiger partial charge in [-0.15, -0.1) is 0 Å². The Morgan fingerprint density at radius 1 is 1.19 bits per heavy atom. The van der Waals surface area contributed by atoms with Gasteiger partial charge in [0.2, 0.25) is 5.88 Å². The van der Waals surface area contributed by atoms with Gasteiger partial charge >= 0.3 is 5.97 Å². The zero-order valence-corrected chi connectivity index (χ0v) is 15.6. The van der Waals surface area contributed by atoms with Crippen LogP contribution >= 0.6 is 0 Å². The molecule has 0 saturated heterocycles. The zero-order valence-electron chi connectivity index (χ0n) is 15.6. The monoisotopic (exact) mass is 374 g/mol. The molecule has 0 bridgehead atoms. The number of nitrogens with two attached hydrogens (primary N) is 1. The van der Waals surface area contributed by atoms with Crippen LogP contribution in [0, 0.1) is 6.92 Å². The van der Waals surface area contributed by atoms with Crippen LogP contribution in [0.25, 0.3) is 0 Å². The first-order chi connectivity index (χ1) is 12.8. The third kappa shape index (κ3) is 5.18. The summed E-state index contributed by atoms with van der Waals surface area (Å²) in [6.45, 7) is 4.08. The number of nitrogens with one attached hydrogen (secondary N) is 2. The third-order valence-corrected chi connectivity index (χ3v) is 3.87. The van der Waals surface area contributed by atoms with E-state index in [-0.39, 0.29) is 41.8 Å². The largest absolute Gasteiger partial charge is 0.462 e. The lowest BCUT2D eigenvalue weighted by Crippen LogP contribution is -3.08. The summed E-state index contributed by atoms with van der Waals surface area (Å²) in [5.74, 6) is -1.95.